The van der Waals surface area contributed by atoms with Crippen molar-refractivity contribution in [1.82, 2.24) is 34.9 Å². The zero-order valence-electron chi connectivity index (χ0n) is 42.6. The van der Waals surface area contributed by atoms with Crippen LogP contribution < -0.4 is 21.3 Å². The quantitative estimate of drug-likeness (QED) is 0.0884. The molecule has 0 saturated carbocycles. The number of nitrogens with zero attached hydrogens (tertiary/aromatic N) is 8. The number of primary amides is 1. The summed E-state index contributed by atoms with van der Waals surface area (Å²) in [4.78, 5) is 41.0. The number of aliphatic hydroxyl groups is 3. The Morgan fingerprint density at radius 2 is 1.00 bits per heavy atom. The highest BCUT2D eigenvalue weighted by Gasteiger charge is 2.29. The van der Waals surface area contributed by atoms with E-state index in [9.17, 15) is 37.7 Å². The number of fused-ring (bicyclic) bond motifs is 3. The van der Waals surface area contributed by atoms with Crippen molar-refractivity contribution in [2.24, 2.45) is 5.73 Å². The van der Waals surface area contributed by atoms with Crippen molar-refractivity contribution in [3.05, 3.63) is 162 Å². The lowest BCUT2D eigenvalue weighted by Crippen LogP contribution is -2.40. The molecule has 10 heterocycles. The number of aryl methyl sites for hydroxylation is 3. The Bertz CT molecular complexity index is 3120. The largest absolute Gasteiger partial charge is 0.386 e. The van der Waals surface area contributed by atoms with Gasteiger partial charge in [0.15, 0.2) is 0 Å². The second-order valence-corrected chi connectivity index (χ2v) is 22.0. The van der Waals surface area contributed by atoms with Gasteiger partial charge in [-0.25, -0.2) is 37.3 Å². The number of aromatic nitrogens is 7. The molecule has 3 aliphatic rings. The Labute approximate surface area is 463 Å². The van der Waals surface area contributed by atoms with Crippen LogP contribution in [0.25, 0.3) is 22.3 Å². The van der Waals surface area contributed by atoms with E-state index in [1.807, 2.05) is 18.3 Å². The van der Waals surface area contributed by atoms with E-state index in [4.69, 9.17) is 5.73 Å². The summed E-state index contributed by atoms with van der Waals surface area (Å²) in [7, 11) is 0. The van der Waals surface area contributed by atoms with Crippen molar-refractivity contribution >= 4 is 71.3 Å². The lowest BCUT2D eigenvalue weighted by molar-refractivity contribution is 0.0732. The SMILES string of the molecule is Brc1cnc2c(c1)CCCN2.CC(C)(O)c1c(F)cncc1-c1cnc2c(c1)CCCN2.CC(C)(O)c1c(F)cncc1-c1cnc2c(c1)CCCN2C(N)=O.CC(C)(O)c1c(F)cncc1Br.Fc1cncc(Br)c1. The second kappa shape index (κ2) is 25.9. The number of nitrogens with two attached hydrogens (primary N) is 1. The summed E-state index contributed by atoms with van der Waals surface area (Å²) in [5, 5.41) is 36.6. The van der Waals surface area contributed by atoms with E-state index in [-0.39, 0.29) is 22.5 Å². The van der Waals surface area contributed by atoms with E-state index in [0.717, 1.165) is 103 Å². The molecular formula is C54H58Br3F4N11O4. The molecule has 15 nitrogen and oxygen atoms in total. The van der Waals surface area contributed by atoms with Crippen molar-refractivity contribution in [2.75, 3.05) is 35.2 Å². The minimum Gasteiger partial charge on any atom is -0.386 e. The van der Waals surface area contributed by atoms with E-state index >= 15 is 0 Å². The van der Waals surface area contributed by atoms with Crippen molar-refractivity contribution < 1.29 is 37.7 Å². The van der Waals surface area contributed by atoms with Gasteiger partial charge in [-0.15, -0.1) is 0 Å². The highest BCUT2D eigenvalue weighted by molar-refractivity contribution is 9.11. The fraction of sp³-hybridized carbons (Fsp3) is 0.333. The average molecular weight is 1240 g/mol. The van der Waals surface area contributed by atoms with E-state index < -0.39 is 40.3 Å². The monoisotopic (exact) mass is 1240 g/mol. The van der Waals surface area contributed by atoms with Gasteiger partial charge < -0.3 is 31.7 Å². The van der Waals surface area contributed by atoms with Gasteiger partial charge in [-0.1, -0.05) is 0 Å². The first-order chi connectivity index (χ1) is 35.8. The molecule has 3 aliphatic heterocycles. The molecule has 0 unspecified atom stereocenters. The van der Waals surface area contributed by atoms with Crippen molar-refractivity contribution in [3.8, 4) is 22.3 Å². The minimum absolute atomic E-state index is 0.168. The predicted molar refractivity (Wildman–Crippen MR) is 295 cm³/mol. The topological polar surface area (TPSA) is 221 Å². The molecule has 0 radical (unpaired) electrons. The van der Waals surface area contributed by atoms with Crippen molar-refractivity contribution in [1.29, 1.82) is 0 Å². The molecule has 0 aliphatic carbocycles. The third-order valence-electron chi connectivity index (χ3n) is 11.8. The molecule has 2 amide bonds. The maximum atomic E-state index is 14.2. The molecule has 0 saturated heterocycles. The number of pyridine rings is 7. The Hall–Kier alpha value is -6.04. The molecule has 7 N–H and O–H groups in total. The van der Waals surface area contributed by atoms with Gasteiger partial charge in [-0.2, -0.15) is 0 Å². The molecule has 0 spiro atoms. The van der Waals surface area contributed by atoms with Gasteiger partial charge in [0.1, 0.15) is 40.7 Å². The number of anilines is 3. The lowest BCUT2D eigenvalue weighted by Gasteiger charge is -2.27. The van der Waals surface area contributed by atoms with Crippen LogP contribution in [0.15, 0.2) is 106 Å². The molecule has 402 valence electrons. The van der Waals surface area contributed by atoms with Gasteiger partial charge in [0.2, 0.25) is 0 Å². The maximum absolute atomic E-state index is 14.2. The summed E-state index contributed by atoms with van der Waals surface area (Å²) < 4.78 is 55.7. The summed E-state index contributed by atoms with van der Waals surface area (Å²) in [5.74, 6) is 0.578. The standard InChI is InChI=1S/C17H19FN4O2.C16H18FN3O.C8H9BrFNO.C8H9BrN2.C5H3BrFN/c1-17(2,24)14-12(8-20-9-13(14)18)11-6-10-4-3-5-22(16(19)23)15(10)21-7-11;1-16(2,21)14-12(8-18-9-13(14)17)11-6-10-4-3-5-19-15(10)20-7-11;1-8(2,12)7-5(9)3-11-4-6(7)10;9-7-4-6-2-1-3-10-8(6)11-5-7;6-4-1-5(7)3-8-2-4/h6-9,24H,3-5H2,1-2H3,(H2,19,23);6-9,21H,3-5H2,1-2H3,(H,19,20);3-4,12H,1-2H3;4-5H,1-3H2,(H,10,11);1-3H. The van der Waals surface area contributed by atoms with Crippen LogP contribution in [-0.2, 0) is 36.1 Å². The summed E-state index contributed by atoms with van der Waals surface area (Å²) in [5.41, 5.74) is 8.00. The number of nitrogens with one attached hydrogen (secondary N) is 2. The Morgan fingerprint density at radius 1 is 0.553 bits per heavy atom. The van der Waals surface area contributed by atoms with Crippen LogP contribution in [-0.4, -0.2) is 75.9 Å². The molecule has 0 fully saturated rings. The fourth-order valence-electron chi connectivity index (χ4n) is 8.57. The van der Waals surface area contributed by atoms with Gasteiger partial charge in [-0.05, 0) is 169 Å². The fourth-order valence-corrected chi connectivity index (χ4v) is 10.1. The van der Waals surface area contributed by atoms with E-state index in [0.29, 0.717) is 38.0 Å². The first-order valence-electron chi connectivity index (χ1n) is 24.0. The first-order valence-corrected chi connectivity index (χ1v) is 26.4. The van der Waals surface area contributed by atoms with Crippen LogP contribution in [0.2, 0.25) is 0 Å². The van der Waals surface area contributed by atoms with Gasteiger partial charge in [0.25, 0.3) is 0 Å². The summed E-state index contributed by atoms with van der Waals surface area (Å²) >= 11 is 9.58. The van der Waals surface area contributed by atoms with Crippen molar-refractivity contribution in [2.45, 2.75) is 96.9 Å². The molecule has 76 heavy (non-hydrogen) atoms. The highest BCUT2D eigenvalue weighted by atomic mass is 79.9. The van der Waals surface area contributed by atoms with Gasteiger partial charge in [0, 0.05) is 115 Å². The molecule has 7 aromatic rings. The van der Waals surface area contributed by atoms with Gasteiger partial charge >= 0.3 is 6.03 Å². The van der Waals surface area contributed by atoms with Crippen LogP contribution in [0, 0.1) is 23.3 Å². The van der Waals surface area contributed by atoms with Crippen LogP contribution >= 0.6 is 47.8 Å². The third kappa shape index (κ3) is 15.8. The molecule has 7 aromatic heterocycles. The van der Waals surface area contributed by atoms with Crippen molar-refractivity contribution in [3.63, 3.8) is 0 Å². The number of rotatable bonds is 5. The van der Waals surface area contributed by atoms with Crippen LogP contribution in [0.4, 0.5) is 39.8 Å². The summed E-state index contributed by atoms with van der Waals surface area (Å²) in [6.07, 6.45) is 21.5. The molecule has 0 aromatic carbocycles. The van der Waals surface area contributed by atoms with Gasteiger partial charge in [0.05, 0.1) is 41.6 Å². The second-order valence-electron chi connectivity index (χ2n) is 19.3. The Morgan fingerprint density at radius 3 is 1.47 bits per heavy atom. The number of halogens is 7. The zero-order valence-corrected chi connectivity index (χ0v) is 47.3. The van der Waals surface area contributed by atoms with Gasteiger partial charge in [-0.3, -0.25) is 24.8 Å². The minimum atomic E-state index is -1.36. The number of amides is 2. The molecular weight excluding hydrogens is 1180 g/mol. The van der Waals surface area contributed by atoms with Crippen LogP contribution in [0.5, 0.6) is 0 Å². The lowest BCUT2D eigenvalue weighted by atomic mass is 9.90. The summed E-state index contributed by atoms with van der Waals surface area (Å²) in [6, 6.07) is 6.80. The molecule has 22 heteroatoms. The number of carbonyl (C=O) groups excluding carboxylic acids is 1. The maximum Gasteiger partial charge on any atom is 0.320 e. The molecule has 0 bridgehead atoms. The van der Waals surface area contributed by atoms with E-state index in [1.54, 1.807) is 32.4 Å². The molecule has 0 atom stereocenters. The number of urea groups is 1. The first kappa shape index (κ1) is 59.2. The molecule has 10 rings (SSSR count). The number of carbonyl (C=O) groups is 1. The van der Waals surface area contributed by atoms with Crippen LogP contribution in [0.1, 0.15) is 94.2 Å². The zero-order chi connectivity index (χ0) is 55.5. The average Bonchev–Trinajstić information content (AvgIpc) is 3.35. The van der Waals surface area contributed by atoms with Crippen LogP contribution in [0.3, 0.4) is 0 Å². The Kier molecular flexibility index (Phi) is 20.2. The Balaban J connectivity index is 0.000000163. The third-order valence-corrected chi connectivity index (χ3v) is 13.3. The summed E-state index contributed by atoms with van der Waals surface area (Å²) in [6.45, 7) is 11.8. The number of hydrogen-bond donors (Lipinski definition) is 6. The smallest absolute Gasteiger partial charge is 0.320 e. The van der Waals surface area contributed by atoms with E-state index in [2.05, 4.69) is 99.4 Å². The predicted octanol–water partition coefficient (Wildman–Crippen LogP) is 11.6. The number of hydrogen-bond acceptors (Lipinski definition) is 13. The normalized spacial score (nSPS) is 13.6. The highest BCUT2D eigenvalue weighted by Crippen LogP contribution is 2.37. The van der Waals surface area contributed by atoms with E-state index in [1.165, 1.54) is 69.2 Å².